The Hall–Kier alpha value is -2.38. The van der Waals surface area contributed by atoms with E-state index in [0.29, 0.717) is 25.9 Å². The van der Waals surface area contributed by atoms with E-state index in [1.54, 1.807) is 35.2 Å². The molecule has 6 nitrogen and oxygen atoms in total. The standard InChI is InChI=1S/C20H25N3O3S/c1-15-8-9-16(2)19(14-15)21-20(24)23-12-10-17(11-13-23)22-27(25,26)18-6-4-3-5-7-18/h3-9,14,17,22H,10-13H2,1-2H3,(H,21,24). The van der Waals surface area contributed by atoms with Gasteiger partial charge in [-0.2, -0.15) is 0 Å². The van der Waals surface area contributed by atoms with E-state index in [9.17, 15) is 13.2 Å². The van der Waals surface area contributed by atoms with Gasteiger partial charge >= 0.3 is 6.03 Å². The Labute approximate surface area is 160 Å². The summed E-state index contributed by atoms with van der Waals surface area (Å²) in [5.41, 5.74) is 2.91. The lowest BCUT2D eigenvalue weighted by molar-refractivity contribution is 0.193. The van der Waals surface area contributed by atoms with Gasteiger partial charge in [0.2, 0.25) is 10.0 Å². The van der Waals surface area contributed by atoms with Gasteiger partial charge in [-0.15, -0.1) is 0 Å². The molecule has 0 aliphatic carbocycles. The number of nitrogens with one attached hydrogen (secondary N) is 2. The van der Waals surface area contributed by atoms with Crippen LogP contribution in [0.3, 0.4) is 0 Å². The zero-order valence-electron chi connectivity index (χ0n) is 15.6. The van der Waals surface area contributed by atoms with Crippen molar-refractivity contribution in [2.24, 2.45) is 0 Å². The normalized spacial score (nSPS) is 15.6. The monoisotopic (exact) mass is 387 g/mol. The Morgan fingerprint density at radius 2 is 1.70 bits per heavy atom. The summed E-state index contributed by atoms with van der Waals surface area (Å²) in [7, 11) is -3.53. The molecular weight excluding hydrogens is 362 g/mol. The maximum absolute atomic E-state index is 12.5. The first-order valence-corrected chi connectivity index (χ1v) is 10.5. The molecule has 0 bridgehead atoms. The summed E-state index contributed by atoms with van der Waals surface area (Å²) in [6, 6.07) is 14.0. The highest BCUT2D eigenvalue weighted by Crippen LogP contribution is 2.19. The molecular formula is C20H25N3O3S. The topological polar surface area (TPSA) is 78.5 Å². The summed E-state index contributed by atoms with van der Waals surface area (Å²) in [5, 5.41) is 2.96. The van der Waals surface area contributed by atoms with Crippen molar-refractivity contribution in [3.05, 3.63) is 59.7 Å². The van der Waals surface area contributed by atoms with E-state index in [1.165, 1.54) is 0 Å². The number of piperidine rings is 1. The molecule has 0 aromatic heterocycles. The summed E-state index contributed by atoms with van der Waals surface area (Å²) in [6.07, 6.45) is 1.18. The van der Waals surface area contributed by atoms with Crippen LogP contribution < -0.4 is 10.0 Å². The lowest BCUT2D eigenvalue weighted by atomic mass is 10.1. The fourth-order valence-electron chi connectivity index (χ4n) is 3.15. The Balaban J connectivity index is 1.55. The number of nitrogens with zero attached hydrogens (tertiary/aromatic N) is 1. The lowest BCUT2D eigenvalue weighted by Gasteiger charge is -2.32. The van der Waals surface area contributed by atoms with E-state index in [-0.39, 0.29) is 17.0 Å². The van der Waals surface area contributed by atoms with E-state index >= 15 is 0 Å². The zero-order chi connectivity index (χ0) is 19.4. The average Bonchev–Trinajstić information content (AvgIpc) is 2.66. The fourth-order valence-corrected chi connectivity index (χ4v) is 4.48. The smallest absolute Gasteiger partial charge is 0.321 e. The van der Waals surface area contributed by atoms with Crippen LogP contribution in [-0.2, 0) is 10.0 Å². The van der Waals surface area contributed by atoms with Crippen LogP contribution in [0.15, 0.2) is 53.4 Å². The second-order valence-corrected chi connectivity index (χ2v) is 8.66. The Bertz CT molecular complexity index is 905. The van der Waals surface area contributed by atoms with Gasteiger partial charge in [0, 0.05) is 24.8 Å². The summed E-state index contributed by atoms with van der Waals surface area (Å²) >= 11 is 0. The number of anilines is 1. The van der Waals surface area contributed by atoms with Crippen LogP contribution in [0, 0.1) is 13.8 Å². The predicted octanol–water partition coefficient (Wildman–Crippen LogP) is 3.28. The molecule has 3 rings (SSSR count). The summed E-state index contributed by atoms with van der Waals surface area (Å²) in [5.74, 6) is 0. The van der Waals surface area contributed by atoms with Crippen molar-refractivity contribution >= 4 is 21.7 Å². The van der Waals surface area contributed by atoms with Crippen LogP contribution in [0.4, 0.5) is 10.5 Å². The number of carbonyl (C=O) groups excluding carboxylic acids is 1. The van der Waals surface area contributed by atoms with E-state index in [1.807, 2.05) is 32.0 Å². The molecule has 0 spiro atoms. The van der Waals surface area contributed by atoms with Crippen LogP contribution in [-0.4, -0.2) is 38.5 Å². The fraction of sp³-hybridized carbons (Fsp3) is 0.350. The van der Waals surface area contributed by atoms with Crippen LogP contribution >= 0.6 is 0 Å². The van der Waals surface area contributed by atoms with Crippen molar-refractivity contribution in [3.8, 4) is 0 Å². The Morgan fingerprint density at radius 1 is 1.04 bits per heavy atom. The molecule has 144 valence electrons. The van der Waals surface area contributed by atoms with Crippen molar-refractivity contribution in [2.45, 2.75) is 37.6 Å². The number of aryl methyl sites for hydroxylation is 2. The van der Waals surface area contributed by atoms with Crippen LogP contribution in [0.5, 0.6) is 0 Å². The molecule has 2 N–H and O–H groups in total. The van der Waals surface area contributed by atoms with Gasteiger partial charge in [-0.3, -0.25) is 0 Å². The zero-order valence-corrected chi connectivity index (χ0v) is 16.4. The quantitative estimate of drug-likeness (QED) is 0.845. The highest BCUT2D eigenvalue weighted by atomic mass is 32.2. The minimum atomic E-state index is -3.53. The molecule has 1 fully saturated rings. The number of sulfonamides is 1. The minimum Gasteiger partial charge on any atom is -0.324 e. The van der Waals surface area contributed by atoms with Gasteiger partial charge in [-0.1, -0.05) is 30.3 Å². The molecule has 0 unspecified atom stereocenters. The van der Waals surface area contributed by atoms with Crippen LogP contribution in [0.2, 0.25) is 0 Å². The van der Waals surface area contributed by atoms with Gasteiger partial charge in [0.1, 0.15) is 0 Å². The molecule has 2 aromatic rings. The average molecular weight is 388 g/mol. The van der Waals surface area contributed by atoms with Gasteiger partial charge < -0.3 is 10.2 Å². The highest BCUT2D eigenvalue weighted by Gasteiger charge is 2.26. The van der Waals surface area contributed by atoms with E-state index in [4.69, 9.17) is 0 Å². The number of amides is 2. The van der Waals surface area contributed by atoms with Gasteiger partial charge in [0.05, 0.1) is 4.90 Å². The number of hydrogen-bond donors (Lipinski definition) is 2. The molecule has 1 heterocycles. The van der Waals surface area contributed by atoms with Crippen LogP contribution in [0.25, 0.3) is 0 Å². The molecule has 1 aliphatic rings. The summed E-state index contributed by atoms with van der Waals surface area (Å²) in [6.45, 7) is 4.97. The first-order valence-electron chi connectivity index (χ1n) is 9.06. The van der Waals surface area contributed by atoms with E-state index in [2.05, 4.69) is 10.0 Å². The molecule has 27 heavy (non-hydrogen) atoms. The molecule has 2 amide bonds. The van der Waals surface area contributed by atoms with Gasteiger partial charge in [0.15, 0.2) is 0 Å². The molecule has 0 atom stereocenters. The maximum atomic E-state index is 12.5. The number of urea groups is 1. The SMILES string of the molecule is Cc1ccc(C)c(NC(=O)N2CCC(NS(=O)(=O)c3ccccc3)CC2)c1. The predicted molar refractivity (Wildman–Crippen MR) is 106 cm³/mol. The van der Waals surface area contributed by atoms with Crippen molar-refractivity contribution < 1.29 is 13.2 Å². The number of likely N-dealkylation sites (tertiary alicyclic amines) is 1. The Kier molecular flexibility index (Phi) is 5.82. The highest BCUT2D eigenvalue weighted by molar-refractivity contribution is 7.89. The minimum absolute atomic E-state index is 0.145. The first-order chi connectivity index (χ1) is 12.8. The Morgan fingerprint density at radius 3 is 2.37 bits per heavy atom. The largest absolute Gasteiger partial charge is 0.324 e. The molecule has 0 radical (unpaired) electrons. The van der Waals surface area contributed by atoms with Crippen LogP contribution in [0.1, 0.15) is 24.0 Å². The second kappa shape index (κ2) is 8.10. The molecule has 1 aliphatic heterocycles. The van der Waals surface area contributed by atoms with E-state index < -0.39 is 10.0 Å². The second-order valence-electron chi connectivity index (χ2n) is 6.94. The number of benzene rings is 2. The third-order valence-corrected chi connectivity index (χ3v) is 6.33. The third kappa shape index (κ3) is 4.87. The van der Waals surface area contributed by atoms with E-state index in [0.717, 1.165) is 16.8 Å². The molecule has 2 aromatic carbocycles. The van der Waals surface area contributed by atoms with Gasteiger partial charge in [0.25, 0.3) is 0 Å². The number of carbonyl (C=O) groups is 1. The van der Waals surface area contributed by atoms with Crippen molar-refractivity contribution in [2.75, 3.05) is 18.4 Å². The third-order valence-electron chi connectivity index (χ3n) is 4.79. The van der Waals surface area contributed by atoms with Crippen molar-refractivity contribution in [3.63, 3.8) is 0 Å². The lowest BCUT2D eigenvalue weighted by Crippen LogP contribution is -2.47. The number of hydrogen-bond acceptors (Lipinski definition) is 3. The summed E-state index contributed by atoms with van der Waals surface area (Å²) < 4.78 is 27.6. The molecule has 0 saturated carbocycles. The maximum Gasteiger partial charge on any atom is 0.321 e. The number of rotatable bonds is 4. The first kappa shape index (κ1) is 19.4. The van der Waals surface area contributed by atoms with Gasteiger partial charge in [-0.25, -0.2) is 17.9 Å². The molecule has 1 saturated heterocycles. The molecule has 7 heteroatoms. The van der Waals surface area contributed by atoms with Gasteiger partial charge in [-0.05, 0) is 56.0 Å². The summed E-state index contributed by atoms with van der Waals surface area (Å²) in [4.78, 5) is 14.5. The van der Waals surface area contributed by atoms with Crippen molar-refractivity contribution in [1.29, 1.82) is 0 Å². The van der Waals surface area contributed by atoms with Crippen molar-refractivity contribution in [1.82, 2.24) is 9.62 Å².